The number of carbonyl (C=O) groups is 2. The van der Waals surface area contributed by atoms with Gasteiger partial charge in [0.05, 0.1) is 12.1 Å². The summed E-state index contributed by atoms with van der Waals surface area (Å²) in [6.07, 6.45) is 1.76. The number of hydrogen-bond donors (Lipinski definition) is 2. The number of nitrogens with zero attached hydrogens (tertiary/aromatic N) is 3. The zero-order valence-corrected chi connectivity index (χ0v) is 22.9. The Morgan fingerprint density at radius 1 is 1.02 bits per heavy atom. The molecule has 5 rings (SSSR count). The minimum absolute atomic E-state index is 0.0651. The van der Waals surface area contributed by atoms with Crippen LogP contribution in [-0.4, -0.2) is 38.2 Å². The Labute approximate surface area is 234 Å². The van der Waals surface area contributed by atoms with Crippen LogP contribution in [0.3, 0.4) is 0 Å². The summed E-state index contributed by atoms with van der Waals surface area (Å²) >= 11 is 0. The average molecular weight is 566 g/mol. The maximum Gasteiger partial charge on any atom is 0.408 e. The van der Waals surface area contributed by atoms with Crippen molar-refractivity contribution in [2.75, 3.05) is 0 Å². The van der Waals surface area contributed by atoms with Gasteiger partial charge in [-0.05, 0) is 63.4 Å². The van der Waals surface area contributed by atoms with Crippen LogP contribution in [0.4, 0.5) is 18.0 Å². The van der Waals surface area contributed by atoms with Crippen molar-refractivity contribution in [2.45, 2.75) is 63.8 Å². The van der Waals surface area contributed by atoms with E-state index in [-0.39, 0.29) is 12.1 Å². The lowest BCUT2D eigenvalue weighted by molar-refractivity contribution is -0.123. The van der Waals surface area contributed by atoms with E-state index in [0.717, 1.165) is 24.5 Å². The first-order valence-electron chi connectivity index (χ1n) is 13.3. The molecule has 1 aliphatic rings. The number of aromatic nitrogens is 3. The van der Waals surface area contributed by atoms with Crippen molar-refractivity contribution in [1.29, 1.82) is 0 Å². The minimum Gasteiger partial charge on any atom is -0.444 e. The Morgan fingerprint density at radius 3 is 2.41 bits per heavy atom. The quantitative estimate of drug-likeness (QED) is 0.289. The van der Waals surface area contributed by atoms with Gasteiger partial charge >= 0.3 is 6.09 Å². The van der Waals surface area contributed by atoms with Crippen molar-refractivity contribution in [3.05, 3.63) is 95.2 Å². The summed E-state index contributed by atoms with van der Waals surface area (Å²) < 4.78 is 50.1. The predicted octanol–water partition coefficient (Wildman–Crippen LogP) is 5.14. The molecule has 2 N–H and O–H groups in total. The normalized spacial score (nSPS) is 14.9. The molecule has 0 bridgehead atoms. The molecular formula is C30H30F3N5O3. The van der Waals surface area contributed by atoms with E-state index >= 15 is 0 Å². The summed E-state index contributed by atoms with van der Waals surface area (Å²) in [6.45, 7) is 4.83. The number of imidazole rings is 1. The van der Waals surface area contributed by atoms with Crippen LogP contribution in [0.5, 0.6) is 0 Å². The number of nitrogens with one attached hydrogen (secondary N) is 2. The third kappa shape index (κ3) is 5.89. The van der Waals surface area contributed by atoms with E-state index in [1.807, 2.05) is 41.0 Å². The van der Waals surface area contributed by atoms with Gasteiger partial charge in [0.25, 0.3) is 0 Å². The van der Waals surface area contributed by atoms with E-state index in [4.69, 9.17) is 9.72 Å². The number of benzene rings is 2. The number of carbonyl (C=O) groups excluding carboxylic acids is 2. The summed E-state index contributed by atoms with van der Waals surface area (Å²) in [5.74, 6) is -3.98. The average Bonchev–Trinajstić information content (AvgIpc) is 3.64. The highest BCUT2D eigenvalue weighted by Gasteiger charge is 2.48. The van der Waals surface area contributed by atoms with Crippen LogP contribution in [0.15, 0.2) is 60.8 Å². The van der Waals surface area contributed by atoms with Gasteiger partial charge in [0.15, 0.2) is 17.3 Å². The molecule has 1 atom stereocenters. The highest BCUT2D eigenvalue weighted by Crippen LogP contribution is 2.51. The van der Waals surface area contributed by atoms with E-state index in [1.54, 1.807) is 33.0 Å². The monoisotopic (exact) mass is 565 g/mol. The molecule has 2 aromatic heterocycles. The Kier molecular flexibility index (Phi) is 7.46. The molecule has 1 saturated carbocycles. The molecule has 0 unspecified atom stereocenters. The van der Waals surface area contributed by atoms with Crippen molar-refractivity contribution < 1.29 is 27.5 Å². The smallest absolute Gasteiger partial charge is 0.408 e. The van der Waals surface area contributed by atoms with Gasteiger partial charge in [0.2, 0.25) is 5.91 Å². The van der Waals surface area contributed by atoms with Crippen LogP contribution in [-0.2, 0) is 28.0 Å². The summed E-state index contributed by atoms with van der Waals surface area (Å²) in [7, 11) is 0. The Bertz CT molecular complexity index is 1600. The second-order valence-electron chi connectivity index (χ2n) is 11.0. The van der Waals surface area contributed by atoms with Crippen LogP contribution >= 0.6 is 0 Å². The number of amides is 2. The van der Waals surface area contributed by atoms with Gasteiger partial charge in [0.1, 0.15) is 28.8 Å². The molecule has 0 radical (unpaired) electrons. The zero-order chi connectivity index (χ0) is 29.4. The molecule has 2 heterocycles. The second kappa shape index (κ2) is 10.9. The number of pyridine rings is 1. The molecule has 2 aromatic carbocycles. The van der Waals surface area contributed by atoms with Crippen molar-refractivity contribution in [3.8, 4) is 0 Å². The molecule has 2 amide bonds. The number of ether oxygens (including phenoxy) is 1. The van der Waals surface area contributed by atoms with Gasteiger partial charge in [-0.15, -0.1) is 0 Å². The molecule has 214 valence electrons. The third-order valence-corrected chi connectivity index (χ3v) is 6.92. The third-order valence-electron chi connectivity index (χ3n) is 6.92. The van der Waals surface area contributed by atoms with Crippen LogP contribution in [0, 0.1) is 17.5 Å². The molecule has 0 saturated heterocycles. The van der Waals surface area contributed by atoms with Gasteiger partial charge in [-0.3, -0.25) is 4.79 Å². The van der Waals surface area contributed by atoms with E-state index in [9.17, 15) is 22.8 Å². The van der Waals surface area contributed by atoms with Crippen molar-refractivity contribution in [3.63, 3.8) is 0 Å². The number of alkyl carbamates (subject to hydrolysis) is 1. The number of halogens is 3. The van der Waals surface area contributed by atoms with Crippen molar-refractivity contribution in [1.82, 2.24) is 25.2 Å². The summed E-state index contributed by atoms with van der Waals surface area (Å²) in [4.78, 5) is 35.2. The van der Waals surface area contributed by atoms with Gasteiger partial charge in [-0.1, -0.05) is 30.3 Å². The van der Waals surface area contributed by atoms with Gasteiger partial charge in [-0.2, -0.15) is 0 Å². The fraction of sp³-hybridized carbons (Fsp3) is 0.333. The number of hydrogen-bond acceptors (Lipinski definition) is 5. The van der Waals surface area contributed by atoms with Gasteiger partial charge < -0.3 is 19.9 Å². The van der Waals surface area contributed by atoms with Crippen molar-refractivity contribution in [2.24, 2.45) is 0 Å². The highest BCUT2D eigenvalue weighted by atomic mass is 19.2. The highest BCUT2D eigenvalue weighted by molar-refractivity contribution is 5.86. The van der Waals surface area contributed by atoms with E-state index in [2.05, 4.69) is 15.6 Å². The van der Waals surface area contributed by atoms with Crippen LogP contribution in [0.1, 0.15) is 50.6 Å². The Morgan fingerprint density at radius 2 is 1.73 bits per heavy atom. The lowest BCUT2D eigenvalue weighted by atomic mass is 10.0. The summed E-state index contributed by atoms with van der Waals surface area (Å²) in [5, 5.41) is 5.11. The fourth-order valence-electron chi connectivity index (χ4n) is 4.94. The summed E-state index contributed by atoms with van der Waals surface area (Å²) in [5.41, 5.74) is 0.440. The Hall–Kier alpha value is -4.41. The zero-order valence-electron chi connectivity index (χ0n) is 22.9. The molecule has 4 aromatic rings. The van der Waals surface area contributed by atoms with Crippen LogP contribution in [0.2, 0.25) is 0 Å². The number of fused-ring (bicyclic) bond motifs is 1. The molecule has 11 heteroatoms. The van der Waals surface area contributed by atoms with E-state index in [0.29, 0.717) is 23.1 Å². The second-order valence-corrected chi connectivity index (χ2v) is 11.0. The molecular weight excluding hydrogens is 535 g/mol. The molecule has 0 aliphatic heterocycles. The molecule has 0 spiro atoms. The van der Waals surface area contributed by atoms with Crippen LogP contribution < -0.4 is 10.6 Å². The lowest BCUT2D eigenvalue weighted by Crippen LogP contribution is -2.49. The first kappa shape index (κ1) is 28.1. The maximum atomic E-state index is 14.5. The molecule has 1 aliphatic carbocycles. The fourth-order valence-corrected chi connectivity index (χ4v) is 4.94. The summed E-state index contributed by atoms with van der Waals surface area (Å²) in [6, 6.07) is 13.5. The SMILES string of the molecule is CC(C)(C)OC(=O)N[C@H](Cc1c(F)ccc(F)c1F)C(=O)NCc1nc2cccnc2n1C1(c2ccccc2)CC1. The van der Waals surface area contributed by atoms with Gasteiger partial charge in [-0.25, -0.2) is 27.9 Å². The largest absolute Gasteiger partial charge is 0.444 e. The molecule has 41 heavy (non-hydrogen) atoms. The molecule has 1 fully saturated rings. The Balaban J connectivity index is 1.44. The maximum absolute atomic E-state index is 14.5. The minimum atomic E-state index is -1.48. The predicted molar refractivity (Wildman–Crippen MR) is 145 cm³/mol. The van der Waals surface area contributed by atoms with Crippen molar-refractivity contribution >= 4 is 23.2 Å². The van der Waals surface area contributed by atoms with E-state index in [1.165, 1.54) is 0 Å². The van der Waals surface area contributed by atoms with E-state index < -0.39 is 53.1 Å². The van der Waals surface area contributed by atoms with Gasteiger partial charge in [0, 0.05) is 18.2 Å². The number of rotatable bonds is 8. The first-order chi connectivity index (χ1) is 19.5. The van der Waals surface area contributed by atoms with Crippen LogP contribution in [0.25, 0.3) is 11.2 Å². The topological polar surface area (TPSA) is 98.1 Å². The standard InChI is InChI=1S/C30H30F3N5O3/c1-29(2,3)41-28(40)37-23(16-19-20(31)11-12-21(32)25(19)33)27(39)35-17-24-36-22-10-7-15-34-26(22)38(24)30(13-14-30)18-8-5-4-6-9-18/h4-12,15,23H,13-14,16-17H2,1-3H3,(H,35,39)(H,37,40)/t23-/m1/s1. The molecule has 8 nitrogen and oxygen atoms in total. The lowest BCUT2D eigenvalue weighted by Gasteiger charge is -2.24. The first-order valence-corrected chi connectivity index (χ1v) is 13.3.